The molecule has 0 radical (unpaired) electrons. The van der Waals surface area contributed by atoms with Crippen molar-refractivity contribution in [3.63, 3.8) is 0 Å². The molecule has 0 atom stereocenters. The molecule has 0 spiro atoms. The van der Waals surface area contributed by atoms with Crippen molar-refractivity contribution in [1.29, 1.82) is 0 Å². The summed E-state index contributed by atoms with van der Waals surface area (Å²) >= 11 is 5.14. The molecule has 1 amide bonds. The van der Waals surface area contributed by atoms with Gasteiger partial charge in [0.15, 0.2) is 0 Å². The molecule has 0 saturated heterocycles. The predicted molar refractivity (Wildman–Crippen MR) is 73.8 cm³/mol. The van der Waals surface area contributed by atoms with E-state index in [-0.39, 0.29) is 0 Å². The number of halogens is 1. The first-order chi connectivity index (χ1) is 8.16. The van der Waals surface area contributed by atoms with Crippen molar-refractivity contribution in [2.45, 2.75) is 6.42 Å². The average Bonchev–Trinajstić information content (AvgIpc) is 2.56. The highest BCUT2D eigenvalue weighted by Gasteiger charge is 2.36. The van der Waals surface area contributed by atoms with Crippen LogP contribution in [0.15, 0.2) is 22.7 Å². The van der Waals surface area contributed by atoms with Crippen LogP contribution in [0.5, 0.6) is 0 Å². The van der Waals surface area contributed by atoms with E-state index in [1.165, 1.54) is 0 Å². The van der Waals surface area contributed by atoms with E-state index in [1.54, 1.807) is 28.8 Å². The Morgan fingerprint density at radius 1 is 1.35 bits per heavy atom. The Balaban J connectivity index is 2.30. The second-order valence-electron chi connectivity index (χ2n) is 3.77. The van der Waals surface area contributed by atoms with Gasteiger partial charge in [-0.1, -0.05) is 6.07 Å². The van der Waals surface area contributed by atoms with Crippen LogP contribution < -0.4 is 4.90 Å². The van der Waals surface area contributed by atoms with Crippen molar-refractivity contribution >= 4 is 45.1 Å². The summed E-state index contributed by atoms with van der Waals surface area (Å²) in [7, 11) is 0. The van der Waals surface area contributed by atoms with Crippen LogP contribution in [0.1, 0.15) is 16.8 Å². The molecule has 0 unspecified atom stereocenters. The number of carbonyl (C=O) groups excluding carboxylic acids is 2. The first-order valence-electron chi connectivity index (χ1n) is 5.30. The van der Waals surface area contributed by atoms with Gasteiger partial charge in [-0.15, -0.1) is 0 Å². The maximum atomic E-state index is 11.9. The molecule has 1 aromatic rings. The molecule has 0 saturated carbocycles. The van der Waals surface area contributed by atoms with Gasteiger partial charge >= 0.3 is 0 Å². The zero-order valence-electron chi connectivity index (χ0n) is 9.40. The van der Waals surface area contributed by atoms with Crippen LogP contribution in [0.25, 0.3) is 0 Å². The lowest BCUT2D eigenvalue weighted by atomic mass is 10.1. The molecule has 5 heteroatoms. The quantitative estimate of drug-likeness (QED) is 0.633. The minimum absolute atomic E-state index is 0.398. The normalized spacial score (nSPS) is 14.4. The zero-order chi connectivity index (χ0) is 12.4. The molecule has 1 aromatic carbocycles. The molecule has 3 nitrogen and oxygen atoms in total. The second-order valence-corrected chi connectivity index (χ2v) is 5.61. The topological polar surface area (TPSA) is 37.4 Å². The number of nitrogens with zero attached hydrogens (tertiary/aromatic N) is 1. The zero-order valence-corrected chi connectivity index (χ0v) is 11.8. The van der Waals surface area contributed by atoms with Gasteiger partial charge in [0.1, 0.15) is 0 Å². The molecule has 17 heavy (non-hydrogen) atoms. The number of ketones is 1. The van der Waals surface area contributed by atoms with Gasteiger partial charge in [-0.3, -0.25) is 9.59 Å². The third kappa shape index (κ3) is 2.26. The number of anilines is 1. The van der Waals surface area contributed by atoms with Crippen LogP contribution in [0.4, 0.5) is 5.69 Å². The number of hydrogen-bond donors (Lipinski definition) is 0. The smallest absolute Gasteiger partial charge is 0.299 e. The van der Waals surface area contributed by atoms with E-state index in [9.17, 15) is 9.59 Å². The predicted octanol–water partition coefficient (Wildman–Crippen LogP) is 2.73. The standard InChI is InChI=1S/C12H12BrNO2S/c1-17-7-3-6-14-10-8(11(15)12(14)16)4-2-5-9(10)13/h2,4-5H,3,6-7H2,1H3. The van der Waals surface area contributed by atoms with Crippen molar-refractivity contribution in [1.82, 2.24) is 0 Å². The summed E-state index contributed by atoms with van der Waals surface area (Å²) in [4.78, 5) is 25.2. The lowest BCUT2D eigenvalue weighted by Gasteiger charge is -2.17. The van der Waals surface area contributed by atoms with E-state index in [0.717, 1.165) is 22.3 Å². The van der Waals surface area contributed by atoms with Crippen LogP contribution in [-0.2, 0) is 4.79 Å². The summed E-state index contributed by atoms with van der Waals surface area (Å²) in [5.74, 6) is 0.177. The Kier molecular flexibility index (Phi) is 3.89. The van der Waals surface area contributed by atoms with Gasteiger partial charge in [0.05, 0.1) is 11.3 Å². The molecule has 1 heterocycles. The number of benzene rings is 1. The van der Waals surface area contributed by atoms with Gasteiger partial charge in [0.2, 0.25) is 0 Å². The number of para-hydroxylation sites is 1. The monoisotopic (exact) mass is 313 g/mol. The van der Waals surface area contributed by atoms with Crippen molar-refractivity contribution in [2.24, 2.45) is 0 Å². The van der Waals surface area contributed by atoms with E-state index < -0.39 is 11.7 Å². The number of fused-ring (bicyclic) bond motifs is 1. The maximum absolute atomic E-state index is 11.9. The van der Waals surface area contributed by atoms with Crippen LogP contribution in [-0.4, -0.2) is 30.2 Å². The minimum atomic E-state index is -0.409. The number of amides is 1. The van der Waals surface area contributed by atoms with Gasteiger partial charge in [-0.2, -0.15) is 11.8 Å². The van der Waals surface area contributed by atoms with Gasteiger partial charge in [-0.25, -0.2) is 0 Å². The number of hydrogen-bond acceptors (Lipinski definition) is 3. The van der Waals surface area contributed by atoms with Gasteiger partial charge < -0.3 is 4.90 Å². The summed E-state index contributed by atoms with van der Waals surface area (Å²) in [5, 5.41) is 0. The van der Waals surface area contributed by atoms with E-state index in [4.69, 9.17) is 0 Å². The molecule has 90 valence electrons. The van der Waals surface area contributed by atoms with Crippen molar-refractivity contribution < 1.29 is 9.59 Å². The fourth-order valence-electron chi connectivity index (χ4n) is 1.89. The van der Waals surface area contributed by atoms with Crippen molar-refractivity contribution in [3.05, 3.63) is 28.2 Å². The Labute approximate surface area is 113 Å². The first kappa shape index (κ1) is 12.6. The molecule has 1 aliphatic rings. The SMILES string of the molecule is CSCCCN1C(=O)C(=O)c2cccc(Br)c21. The molecule has 0 aromatic heterocycles. The van der Waals surface area contributed by atoms with E-state index in [0.29, 0.717) is 12.1 Å². The number of thioether (sulfide) groups is 1. The van der Waals surface area contributed by atoms with Crippen LogP contribution in [0.3, 0.4) is 0 Å². The number of carbonyl (C=O) groups is 2. The summed E-state index contributed by atoms with van der Waals surface area (Å²) in [5.41, 5.74) is 1.23. The molecule has 1 aliphatic heterocycles. The number of Topliss-reactive ketones (excluding diaryl/α,β-unsaturated/α-hetero) is 1. The van der Waals surface area contributed by atoms with E-state index >= 15 is 0 Å². The maximum Gasteiger partial charge on any atom is 0.299 e. The molecule has 0 bridgehead atoms. The Morgan fingerprint density at radius 3 is 2.82 bits per heavy atom. The van der Waals surface area contributed by atoms with Gasteiger partial charge in [0, 0.05) is 11.0 Å². The molecule has 0 N–H and O–H groups in total. The molecular weight excluding hydrogens is 302 g/mol. The van der Waals surface area contributed by atoms with Crippen LogP contribution in [0, 0.1) is 0 Å². The molecular formula is C12H12BrNO2S. The van der Waals surface area contributed by atoms with Crippen molar-refractivity contribution in [3.8, 4) is 0 Å². The third-order valence-corrected chi connectivity index (χ3v) is 4.01. The lowest BCUT2D eigenvalue weighted by Crippen LogP contribution is -2.31. The van der Waals surface area contributed by atoms with Crippen LogP contribution >= 0.6 is 27.7 Å². The lowest BCUT2D eigenvalue weighted by molar-refractivity contribution is -0.114. The highest BCUT2D eigenvalue weighted by atomic mass is 79.9. The average molecular weight is 314 g/mol. The van der Waals surface area contributed by atoms with Crippen LogP contribution in [0.2, 0.25) is 0 Å². The van der Waals surface area contributed by atoms with E-state index in [1.807, 2.05) is 12.3 Å². The largest absolute Gasteiger partial charge is 0.304 e. The molecule has 0 aliphatic carbocycles. The highest BCUT2D eigenvalue weighted by molar-refractivity contribution is 9.10. The second kappa shape index (κ2) is 5.23. The first-order valence-corrected chi connectivity index (χ1v) is 7.49. The van der Waals surface area contributed by atoms with Gasteiger partial charge in [-0.05, 0) is 46.5 Å². The third-order valence-electron chi connectivity index (χ3n) is 2.67. The van der Waals surface area contributed by atoms with Gasteiger partial charge in [0.25, 0.3) is 11.7 Å². The highest BCUT2D eigenvalue weighted by Crippen LogP contribution is 2.35. The fraction of sp³-hybridized carbons (Fsp3) is 0.333. The minimum Gasteiger partial charge on any atom is -0.304 e. The fourth-order valence-corrected chi connectivity index (χ4v) is 2.89. The summed E-state index contributed by atoms with van der Waals surface area (Å²) < 4.78 is 0.804. The summed E-state index contributed by atoms with van der Waals surface area (Å²) in [6, 6.07) is 5.33. The summed E-state index contributed by atoms with van der Waals surface area (Å²) in [6.07, 6.45) is 2.92. The summed E-state index contributed by atoms with van der Waals surface area (Å²) in [6.45, 7) is 0.598. The molecule has 2 rings (SSSR count). The van der Waals surface area contributed by atoms with Crippen molar-refractivity contribution in [2.75, 3.05) is 23.5 Å². The van der Waals surface area contributed by atoms with E-state index in [2.05, 4.69) is 15.9 Å². The Bertz CT molecular complexity index is 476. The Morgan fingerprint density at radius 2 is 2.12 bits per heavy atom. The Hall–Kier alpha value is -0.810. The number of rotatable bonds is 4. The molecule has 0 fully saturated rings.